The SMILES string of the molecule is CCNC(=NCc1cccc(OC)c1OC)NCCc1ncc(CC)s1. The molecule has 0 saturated heterocycles. The molecule has 26 heavy (non-hydrogen) atoms. The van der Waals surface area contributed by atoms with Crippen LogP contribution in [0.25, 0.3) is 0 Å². The molecule has 0 saturated carbocycles. The molecule has 1 aromatic heterocycles. The molecule has 0 radical (unpaired) electrons. The Labute approximate surface area is 159 Å². The summed E-state index contributed by atoms with van der Waals surface area (Å²) in [6.45, 7) is 6.30. The Morgan fingerprint density at radius 2 is 2.04 bits per heavy atom. The van der Waals surface area contributed by atoms with Gasteiger partial charge in [-0.25, -0.2) is 9.98 Å². The molecule has 142 valence electrons. The van der Waals surface area contributed by atoms with Gasteiger partial charge in [0, 0.05) is 36.1 Å². The molecule has 0 aliphatic carbocycles. The van der Waals surface area contributed by atoms with Crippen molar-refractivity contribution >= 4 is 17.3 Å². The van der Waals surface area contributed by atoms with Crippen LogP contribution in [0.1, 0.15) is 29.3 Å². The van der Waals surface area contributed by atoms with E-state index in [-0.39, 0.29) is 0 Å². The van der Waals surface area contributed by atoms with Gasteiger partial charge in [-0.3, -0.25) is 0 Å². The van der Waals surface area contributed by atoms with Gasteiger partial charge in [0.15, 0.2) is 17.5 Å². The minimum absolute atomic E-state index is 0.507. The van der Waals surface area contributed by atoms with E-state index in [9.17, 15) is 0 Å². The van der Waals surface area contributed by atoms with Gasteiger partial charge >= 0.3 is 0 Å². The van der Waals surface area contributed by atoms with Crippen molar-refractivity contribution in [1.29, 1.82) is 0 Å². The van der Waals surface area contributed by atoms with E-state index in [0.717, 1.165) is 48.2 Å². The topological polar surface area (TPSA) is 67.8 Å². The Hall–Kier alpha value is -2.28. The number of methoxy groups -OCH3 is 2. The van der Waals surface area contributed by atoms with Gasteiger partial charge in [-0.1, -0.05) is 19.1 Å². The Morgan fingerprint density at radius 3 is 2.69 bits per heavy atom. The fraction of sp³-hybridized carbons (Fsp3) is 0.474. The first-order valence-corrected chi connectivity index (χ1v) is 9.69. The molecule has 0 aliphatic heterocycles. The standard InChI is InChI=1S/C19H28N4O2S/c1-5-15-13-22-17(26-15)10-11-21-19(20-6-2)23-12-14-8-7-9-16(24-3)18(14)25-4/h7-9,13H,5-6,10-12H2,1-4H3,(H2,20,21,23). The van der Waals surface area contributed by atoms with E-state index in [1.807, 2.05) is 24.4 Å². The molecule has 1 heterocycles. The van der Waals surface area contributed by atoms with E-state index in [2.05, 4.69) is 34.5 Å². The number of nitrogens with zero attached hydrogens (tertiary/aromatic N) is 2. The summed E-state index contributed by atoms with van der Waals surface area (Å²) in [5.41, 5.74) is 0.983. The van der Waals surface area contributed by atoms with E-state index < -0.39 is 0 Å². The van der Waals surface area contributed by atoms with Gasteiger partial charge in [-0.15, -0.1) is 11.3 Å². The molecule has 0 bridgehead atoms. The van der Waals surface area contributed by atoms with Crippen molar-refractivity contribution in [3.8, 4) is 11.5 Å². The van der Waals surface area contributed by atoms with Crippen molar-refractivity contribution in [2.75, 3.05) is 27.3 Å². The molecule has 0 aliphatic rings. The fourth-order valence-electron chi connectivity index (χ4n) is 2.50. The lowest BCUT2D eigenvalue weighted by molar-refractivity contribution is 0.352. The third-order valence-corrected chi connectivity index (χ3v) is 5.02. The fourth-order valence-corrected chi connectivity index (χ4v) is 3.36. The first-order chi connectivity index (χ1) is 12.7. The van der Waals surface area contributed by atoms with Crippen molar-refractivity contribution in [3.63, 3.8) is 0 Å². The zero-order chi connectivity index (χ0) is 18.8. The second kappa shape index (κ2) is 10.7. The average molecular weight is 377 g/mol. The molecule has 6 nitrogen and oxygen atoms in total. The van der Waals surface area contributed by atoms with Gasteiger partial charge in [0.25, 0.3) is 0 Å². The van der Waals surface area contributed by atoms with Crippen molar-refractivity contribution in [2.24, 2.45) is 4.99 Å². The lowest BCUT2D eigenvalue weighted by Gasteiger charge is -2.13. The molecule has 0 amide bonds. The maximum absolute atomic E-state index is 5.47. The van der Waals surface area contributed by atoms with Crippen LogP contribution in [0.2, 0.25) is 0 Å². The molecule has 0 spiro atoms. The number of para-hydroxylation sites is 1. The van der Waals surface area contributed by atoms with Crippen LogP contribution in [0, 0.1) is 0 Å². The van der Waals surface area contributed by atoms with Crippen LogP contribution in [0.15, 0.2) is 29.4 Å². The summed E-state index contributed by atoms with van der Waals surface area (Å²) in [4.78, 5) is 10.4. The number of nitrogens with one attached hydrogen (secondary N) is 2. The predicted molar refractivity (Wildman–Crippen MR) is 108 cm³/mol. The lowest BCUT2D eigenvalue weighted by atomic mass is 10.2. The van der Waals surface area contributed by atoms with E-state index in [0.29, 0.717) is 12.3 Å². The minimum atomic E-state index is 0.507. The normalized spacial score (nSPS) is 11.3. The molecule has 0 unspecified atom stereocenters. The van der Waals surface area contributed by atoms with Crippen LogP contribution >= 0.6 is 11.3 Å². The van der Waals surface area contributed by atoms with Gasteiger partial charge < -0.3 is 20.1 Å². The van der Waals surface area contributed by atoms with E-state index >= 15 is 0 Å². The molecule has 0 fully saturated rings. The smallest absolute Gasteiger partial charge is 0.191 e. The maximum atomic E-state index is 5.47. The van der Waals surface area contributed by atoms with Gasteiger partial charge in [0.05, 0.1) is 25.8 Å². The second-order valence-corrected chi connectivity index (χ2v) is 6.80. The molecular formula is C19H28N4O2S. The van der Waals surface area contributed by atoms with Gasteiger partial charge in [0.1, 0.15) is 0 Å². The molecule has 1 aromatic carbocycles. The first-order valence-electron chi connectivity index (χ1n) is 8.87. The van der Waals surface area contributed by atoms with Crippen molar-refractivity contribution in [3.05, 3.63) is 39.8 Å². The number of ether oxygens (including phenoxy) is 2. The van der Waals surface area contributed by atoms with Crippen LogP contribution < -0.4 is 20.1 Å². The van der Waals surface area contributed by atoms with E-state index in [1.165, 1.54) is 4.88 Å². The van der Waals surface area contributed by atoms with E-state index in [1.54, 1.807) is 25.6 Å². The lowest BCUT2D eigenvalue weighted by Crippen LogP contribution is -2.38. The summed E-state index contributed by atoms with van der Waals surface area (Å²) in [6.07, 6.45) is 3.89. The predicted octanol–water partition coefficient (Wildman–Crippen LogP) is 3.02. The molecule has 2 aromatic rings. The number of hydrogen-bond donors (Lipinski definition) is 2. The largest absolute Gasteiger partial charge is 0.493 e. The maximum Gasteiger partial charge on any atom is 0.191 e. The van der Waals surface area contributed by atoms with Crippen molar-refractivity contribution < 1.29 is 9.47 Å². The highest BCUT2D eigenvalue weighted by molar-refractivity contribution is 7.11. The quantitative estimate of drug-likeness (QED) is 0.520. The summed E-state index contributed by atoms with van der Waals surface area (Å²) < 4.78 is 10.8. The van der Waals surface area contributed by atoms with Crippen LogP contribution in [-0.4, -0.2) is 38.3 Å². The van der Waals surface area contributed by atoms with E-state index in [4.69, 9.17) is 9.47 Å². The Morgan fingerprint density at radius 1 is 1.19 bits per heavy atom. The number of hydrogen-bond acceptors (Lipinski definition) is 5. The average Bonchev–Trinajstić information content (AvgIpc) is 3.13. The first kappa shape index (κ1) is 20.0. The van der Waals surface area contributed by atoms with Gasteiger partial charge in [-0.2, -0.15) is 0 Å². The Bertz CT molecular complexity index is 715. The van der Waals surface area contributed by atoms with Crippen molar-refractivity contribution in [2.45, 2.75) is 33.2 Å². The Kier molecular flexibility index (Phi) is 8.21. The van der Waals surface area contributed by atoms with Crippen molar-refractivity contribution in [1.82, 2.24) is 15.6 Å². The third-order valence-electron chi connectivity index (χ3n) is 3.82. The molecular weight excluding hydrogens is 348 g/mol. The number of benzene rings is 1. The number of thiazole rings is 1. The molecule has 7 heteroatoms. The van der Waals surface area contributed by atoms with Crippen LogP contribution in [0.5, 0.6) is 11.5 Å². The monoisotopic (exact) mass is 376 g/mol. The van der Waals surface area contributed by atoms with Gasteiger partial charge in [-0.05, 0) is 19.4 Å². The zero-order valence-electron chi connectivity index (χ0n) is 16.0. The minimum Gasteiger partial charge on any atom is -0.493 e. The number of guanidine groups is 1. The molecule has 0 atom stereocenters. The zero-order valence-corrected chi connectivity index (χ0v) is 16.8. The third kappa shape index (κ3) is 5.62. The highest BCUT2D eigenvalue weighted by Gasteiger charge is 2.09. The summed E-state index contributed by atoms with van der Waals surface area (Å²) >= 11 is 1.78. The van der Waals surface area contributed by atoms with Gasteiger partial charge in [0.2, 0.25) is 0 Å². The number of aryl methyl sites for hydroxylation is 1. The highest BCUT2D eigenvalue weighted by Crippen LogP contribution is 2.31. The summed E-state index contributed by atoms with van der Waals surface area (Å²) in [7, 11) is 3.28. The van der Waals surface area contributed by atoms with Crippen LogP contribution in [0.3, 0.4) is 0 Å². The number of aromatic nitrogens is 1. The summed E-state index contributed by atoms with van der Waals surface area (Å²) in [5, 5.41) is 7.79. The molecule has 2 N–H and O–H groups in total. The molecule has 2 rings (SSSR count). The Balaban J connectivity index is 1.97. The second-order valence-electron chi connectivity index (χ2n) is 5.60. The summed E-state index contributed by atoms with van der Waals surface area (Å²) in [5.74, 6) is 2.22. The number of aliphatic imine (C=N–C) groups is 1. The summed E-state index contributed by atoms with van der Waals surface area (Å²) in [6, 6.07) is 5.82. The highest BCUT2D eigenvalue weighted by atomic mass is 32.1. The number of rotatable bonds is 9. The van der Waals surface area contributed by atoms with Crippen LogP contribution in [-0.2, 0) is 19.4 Å². The van der Waals surface area contributed by atoms with Crippen LogP contribution in [0.4, 0.5) is 0 Å².